The van der Waals surface area contributed by atoms with Crippen LogP contribution in [0.1, 0.15) is 0 Å². The predicted octanol–water partition coefficient (Wildman–Crippen LogP) is 8.08. The van der Waals surface area contributed by atoms with Crippen molar-refractivity contribution < 1.29 is 0 Å². The van der Waals surface area contributed by atoms with E-state index in [1.165, 1.54) is 0 Å². The first-order valence-electron chi connectivity index (χ1n) is 16.7. The molecule has 0 radical (unpaired) electrons. The van der Waals surface area contributed by atoms with Crippen molar-refractivity contribution in [3.8, 4) is 34.2 Å². The van der Waals surface area contributed by atoms with Crippen LogP contribution in [-0.2, 0) is 21.1 Å². The van der Waals surface area contributed by atoms with Gasteiger partial charge in [-0.05, 0) is 72.8 Å². The highest BCUT2D eigenvalue weighted by Gasteiger charge is 2.34. The van der Waals surface area contributed by atoms with Gasteiger partial charge in [-0.25, -0.2) is 29.9 Å². The fraction of sp³-hybridized carbons (Fsp3) is 0.100. The maximum absolute atomic E-state index is 5.25. The van der Waals surface area contributed by atoms with E-state index in [2.05, 4.69) is 91.6 Å². The molecular formula is C40H31N11. The van der Waals surface area contributed by atoms with Crippen LogP contribution < -0.4 is 9.80 Å². The minimum Gasteiger partial charge on any atom is -0.341 e. The van der Waals surface area contributed by atoms with Crippen LogP contribution >= 0.6 is 0 Å². The summed E-state index contributed by atoms with van der Waals surface area (Å²) in [5.41, 5.74) is 12.7. The molecule has 9 aromatic rings. The van der Waals surface area contributed by atoms with E-state index < -0.39 is 0 Å². The third-order valence-corrected chi connectivity index (χ3v) is 9.93. The summed E-state index contributed by atoms with van der Waals surface area (Å²) in [5, 5.41) is 0. The fourth-order valence-corrected chi connectivity index (χ4v) is 7.53. The SMILES string of the molecule is CN1c2ccccc2N(c2c(-c3nc4cccnc4n3C)cc(-c3nc4cccnc4n3C)cc2-c2nc3cccnc3n2C)c2ccccc21. The van der Waals surface area contributed by atoms with Crippen LogP contribution in [0.25, 0.3) is 67.7 Å². The molecule has 3 aromatic carbocycles. The van der Waals surface area contributed by atoms with Crippen molar-refractivity contribution in [1.82, 2.24) is 43.6 Å². The molecule has 0 fully saturated rings. The molecule has 7 heterocycles. The number of rotatable bonds is 4. The van der Waals surface area contributed by atoms with Gasteiger partial charge in [-0.1, -0.05) is 24.3 Å². The Kier molecular flexibility index (Phi) is 6.16. The van der Waals surface area contributed by atoms with Crippen LogP contribution in [0.4, 0.5) is 28.4 Å². The van der Waals surface area contributed by atoms with Crippen LogP contribution in [0.2, 0.25) is 0 Å². The maximum Gasteiger partial charge on any atom is 0.159 e. The summed E-state index contributed by atoms with van der Waals surface area (Å²) in [6.45, 7) is 0. The van der Waals surface area contributed by atoms with E-state index in [4.69, 9.17) is 24.9 Å². The van der Waals surface area contributed by atoms with Gasteiger partial charge in [0.15, 0.2) is 16.9 Å². The van der Waals surface area contributed by atoms with E-state index in [1.807, 2.05) is 74.5 Å². The number of imidazole rings is 3. The summed E-state index contributed by atoms with van der Waals surface area (Å²) in [7, 11) is 8.18. The molecule has 1 aliphatic rings. The molecule has 0 spiro atoms. The Morgan fingerprint density at radius 3 is 1.25 bits per heavy atom. The smallest absolute Gasteiger partial charge is 0.159 e. The monoisotopic (exact) mass is 665 g/mol. The molecule has 51 heavy (non-hydrogen) atoms. The Hall–Kier alpha value is -6.88. The van der Waals surface area contributed by atoms with Crippen LogP contribution in [-0.4, -0.2) is 50.7 Å². The molecule has 0 bridgehead atoms. The van der Waals surface area contributed by atoms with Gasteiger partial charge >= 0.3 is 0 Å². The minimum atomic E-state index is 0.768. The van der Waals surface area contributed by atoms with Crippen molar-refractivity contribution >= 4 is 61.9 Å². The summed E-state index contributed by atoms with van der Waals surface area (Å²) in [6, 6.07) is 33.2. The molecule has 0 amide bonds. The lowest BCUT2D eigenvalue weighted by molar-refractivity contribution is 0.931. The van der Waals surface area contributed by atoms with Gasteiger partial charge in [-0.15, -0.1) is 0 Å². The minimum absolute atomic E-state index is 0.768. The largest absolute Gasteiger partial charge is 0.341 e. The lowest BCUT2D eigenvalue weighted by atomic mass is 9.96. The molecule has 0 saturated carbocycles. The Bertz CT molecular complexity index is 2690. The predicted molar refractivity (Wildman–Crippen MR) is 202 cm³/mol. The van der Waals surface area contributed by atoms with Crippen molar-refractivity contribution in [1.29, 1.82) is 0 Å². The molecule has 0 N–H and O–H groups in total. The van der Waals surface area contributed by atoms with Crippen molar-refractivity contribution in [2.45, 2.75) is 0 Å². The first kappa shape index (κ1) is 29.1. The van der Waals surface area contributed by atoms with E-state index in [1.54, 1.807) is 6.20 Å². The standard InChI is InChI=1S/C40H31N11/c1-47-30-15-5-7-17-32(30)51(33-18-8-6-16-31(33)47)34-25(36-45-28-13-10-20-42-39(28)49(36)3)22-24(35-44-27-12-9-19-41-38(27)48(35)2)23-26(34)37-46-29-14-11-21-43-40(29)50(37)4/h5-23H,1-4H3. The molecule has 0 aliphatic carbocycles. The number of aromatic nitrogens is 9. The van der Waals surface area contributed by atoms with E-state index >= 15 is 0 Å². The molecule has 0 saturated heterocycles. The molecule has 6 aromatic heterocycles. The topological polar surface area (TPSA) is 98.6 Å². The number of para-hydroxylation sites is 4. The highest BCUT2D eigenvalue weighted by molar-refractivity contribution is 6.06. The van der Waals surface area contributed by atoms with Gasteiger partial charge in [-0.2, -0.15) is 0 Å². The van der Waals surface area contributed by atoms with Crippen molar-refractivity contribution in [2.24, 2.45) is 21.1 Å². The zero-order valence-corrected chi connectivity index (χ0v) is 28.4. The van der Waals surface area contributed by atoms with Gasteiger partial charge in [0.2, 0.25) is 0 Å². The van der Waals surface area contributed by atoms with Gasteiger partial charge in [0, 0.05) is 63.5 Å². The normalized spacial score (nSPS) is 12.6. The average molecular weight is 666 g/mol. The number of hydrogen-bond donors (Lipinski definition) is 0. The van der Waals surface area contributed by atoms with Gasteiger partial charge in [0.25, 0.3) is 0 Å². The van der Waals surface area contributed by atoms with Crippen molar-refractivity contribution in [3.63, 3.8) is 0 Å². The Balaban J connectivity index is 1.39. The number of anilines is 5. The zero-order valence-electron chi connectivity index (χ0n) is 28.4. The van der Waals surface area contributed by atoms with E-state index in [-0.39, 0.29) is 0 Å². The van der Waals surface area contributed by atoms with Crippen LogP contribution in [0, 0.1) is 0 Å². The Morgan fingerprint density at radius 2 is 0.824 bits per heavy atom. The van der Waals surface area contributed by atoms with Gasteiger partial charge in [0.05, 0.1) is 28.4 Å². The summed E-state index contributed by atoms with van der Waals surface area (Å²) >= 11 is 0. The van der Waals surface area contributed by atoms with Crippen molar-refractivity contribution in [2.75, 3.05) is 16.8 Å². The van der Waals surface area contributed by atoms with Crippen LogP contribution in [0.5, 0.6) is 0 Å². The second-order valence-corrected chi connectivity index (χ2v) is 12.8. The number of nitrogens with zero attached hydrogens (tertiary/aromatic N) is 11. The number of aryl methyl sites for hydroxylation is 3. The zero-order chi connectivity index (χ0) is 34.4. The molecule has 246 valence electrons. The molecule has 11 nitrogen and oxygen atoms in total. The summed E-state index contributed by atoms with van der Waals surface area (Å²) in [4.78, 5) is 34.3. The summed E-state index contributed by atoms with van der Waals surface area (Å²) < 4.78 is 6.19. The maximum atomic E-state index is 5.25. The molecular weight excluding hydrogens is 635 g/mol. The molecule has 0 unspecified atom stereocenters. The van der Waals surface area contributed by atoms with Gasteiger partial charge < -0.3 is 23.5 Å². The highest BCUT2D eigenvalue weighted by Crippen LogP contribution is 2.55. The van der Waals surface area contributed by atoms with Crippen molar-refractivity contribution in [3.05, 3.63) is 116 Å². The van der Waals surface area contributed by atoms with E-state index in [0.29, 0.717) is 0 Å². The lowest BCUT2D eigenvalue weighted by Gasteiger charge is -2.40. The number of fused-ring (bicyclic) bond motifs is 5. The van der Waals surface area contributed by atoms with Gasteiger partial charge in [-0.3, -0.25) is 0 Å². The number of pyridine rings is 3. The third kappa shape index (κ3) is 4.18. The lowest BCUT2D eigenvalue weighted by Crippen LogP contribution is -2.25. The number of hydrogen-bond acceptors (Lipinski definition) is 8. The Labute approximate surface area is 292 Å². The molecule has 11 heteroatoms. The third-order valence-electron chi connectivity index (χ3n) is 9.93. The first-order chi connectivity index (χ1) is 25.0. The number of benzene rings is 3. The first-order valence-corrected chi connectivity index (χ1v) is 16.7. The second kappa shape index (κ2) is 10.8. The van der Waals surface area contributed by atoms with Crippen LogP contribution in [0.15, 0.2) is 116 Å². The molecule has 0 atom stereocenters. The van der Waals surface area contributed by atoms with Crippen LogP contribution in [0.3, 0.4) is 0 Å². The summed E-state index contributed by atoms with van der Waals surface area (Å²) in [6.07, 6.45) is 5.42. The Morgan fingerprint density at radius 1 is 0.431 bits per heavy atom. The quantitative estimate of drug-likeness (QED) is 0.186. The molecule has 1 aliphatic heterocycles. The fourth-order valence-electron chi connectivity index (χ4n) is 7.53. The van der Waals surface area contributed by atoms with E-state index in [9.17, 15) is 0 Å². The molecule has 10 rings (SSSR count). The van der Waals surface area contributed by atoms with Gasteiger partial charge in [0.1, 0.15) is 34.0 Å². The second-order valence-electron chi connectivity index (χ2n) is 12.8. The van der Waals surface area contributed by atoms with E-state index in [0.717, 1.165) is 96.1 Å². The highest BCUT2D eigenvalue weighted by atomic mass is 15.3. The average Bonchev–Trinajstić information content (AvgIpc) is 3.82. The summed E-state index contributed by atoms with van der Waals surface area (Å²) in [5.74, 6) is 2.32.